The van der Waals surface area contributed by atoms with Crippen molar-refractivity contribution < 1.29 is 9.53 Å². The lowest BCUT2D eigenvalue weighted by atomic mass is 9.62. The molecule has 2 nitrogen and oxygen atoms in total. The topological polar surface area (TPSA) is 29.5 Å². The molecule has 3 aliphatic carbocycles. The molecule has 0 heterocycles. The van der Waals surface area contributed by atoms with E-state index in [0.717, 1.165) is 18.3 Å². The Labute approximate surface area is 169 Å². The van der Waals surface area contributed by atoms with Gasteiger partial charge >= 0.3 is 0 Å². The van der Waals surface area contributed by atoms with Crippen molar-refractivity contribution in [3.63, 3.8) is 0 Å². The van der Waals surface area contributed by atoms with Crippen molar-refractivity contribution in [1.82, 2.24) is 0 Å². The van der Waals surface area contributed by atoms with Crippen LogP contribution in [0.3, 0.4) is 0 Å². The van der Waals surface area contributed by atoms with Gasteiger partial charge in [0.05, 0.1) is 5.60 Å². The highest BCUT2D eigenvalue weighted by Crippen LogP contribution is 2.76. The molecule has 0 aromatic carbocycles. The summed E-state index contributed by atoms with van der Waals surface area (Å²) in [5.74, 6) is 1.47. The van der Waals surface area contributed by atoms with Crippen LogP contribution in [-0.4, -0.2) is 25.1 Å². The van der Waals surface area contributed by atoms with Crippen molar-refractivity contribution >= 4 is 8.32 Å². The maximum atomic E-state index is 9.99. The van der Waals surface area contributed by atoms with Crippen LogP contribution in [0.5, 0.6) is 0 Å². The van der Waals surface area contributed by atoms with Crippen molar-refractivity contribution in [2.45, 2.75) is 116 Å². The van der Waals surface area contributed by atoms with Crippen molar-refractivity contribution in [2.75, 3.05) is 0 Å². The summed E-state index contributed by atoms with van der Waals surface area (Å²) in [6.07, 6.45) is 14.0. The zero-order chi connectivity index (χ0) is 20.3. The average molecular weight is 393 g/mol. The zero-order valence-corrected chi connectivity index (χ0v) is 20.2. The van der Waals surface area contributed by atoms with Crippen LogP contribution >= 0.6 is 0 Å². The number of hydrogen-bond donors (Lipinski definition) is 1. The standard InChI is InChI=1S/C24H44O2Si/c1-21(2,3)27(7,8)26-20-12-10-15-23(6)19(20)13-16-24(23)17-18(24)11-9-14-22(4,5)25/h9,11,18-20,25H,10,12-17H2,1-8H3/b11-9-/t18-,19-,20-,23-,24-/m0/s1. The fraction of sp³-hybridized carbons (Fsp3) is 0.917. The molecule has 0 radical (unpaired) electrons. The first-order valence-electron chi connectivity index (χ1n) is 11.3. The molecule has 0 aliphatic heterocycles. The summed E-state index contributed by atoms with van der Waals surface area (Å²) in [4.78, 5) is 0. The molecule has 0 amide bonds. The molecule has 3 heteroatoms. The number of allylic oxidation sites excluding steroid dienone is 1. The van der Waals surface area contributed by atoms with Gasteiger partial charge in [-0.05, 0) is 93.2 Å². The van der Waals surface area contributed by atoms with Gasteiger partial charge in [0.15, 0.2) is 8.32 Å². The van der Waals surface area contributed by atoms with E-state index in [0.29, 0.717) is 22.0 Å². The second-order valence-electron chi connectivity index (χ2n) is 12.3. The van der Waals surface area contributed by atoms with Gasteiger partial charge in [-0.25, -0.2) is 0 Å². The predicted molar refractivity (Wildman–Crippen MR) is 117 cm³/mol. The SMILES string of the molecule is CC(C)(O)C/C=C\[C@H]1C[C@@]12CC[C@H]1[C@@H](O[Si](C)(C)C(C)(C)C)CCC[C@@]12C. The highest BCUT2D eigenvalue weighted by Gasteiger charge is 2.70. The smallest absolute Gasteiger partial charge is 0.192 e. The maximum absolute atomic E-state index is 9.99. The molecule has 3 rings (SSSR count). The lowest BCUT2D eigenvalue weighted by Crippen LogP contribution is -2.50. The Morgan fingerprint density at radius 1 is 1.11 bits per heavy atom. The van der Waals surface area contributed by atoms with Crippen molar-refractivity contribution in [1.29, 1.82) is 0 Å². The molecule has 3 saturated carbocycles. The van der Waals surface area contributed by atoms with Crippen LogP contribution in [0.4, 0.5) is 0 Å². The fourth-order valence-electron chi connectivity index (χ4n) is 6.04. The van der Waals surface area contributed by atoms with E-state index >= 15 is 0 Å². The van der Waals surface area contributed by atoms with Gasteiger partial charge in [-0.2, -0.15) is 0 Å². The van der Waals surface area contributed by atoms with Crippen LogP contribution in [0.1, 0.15) is 86.5 Å². The molecular formula is C24H44O2Si. The van der Waals surface area contributed by atoms with Crippen LogP contribution < -0.4 is 0 Å². The average Bonchev–Trinajstić information content (AvgIpc) is 3.10. The second-order valence-corrected chi connectivity index (χ2v) is 17.0. The van der Waals surface area contributed by atoms with Crippen LogP contribution in [0.15, 0.2) is 12.2 Å². The summed E-state index contributed by atoms with van der Waals surface area (Å²) in [5.41, 5.74) is 0.374. The van der Waals surface area contributed by atoms with Crippen LogP contribution in [0, 0.1) is 22.7 Å². The van der Waals surface area contributed by atoms with Crippen molar-refractivity contribution in [2.24, 2.45) is 22.7 Å². The molecule has 156 valence electrons. The van der Waals surface area contributed by atoms with E-state index in [1.807, 2.05) is 13.8 Å². The lowest BCUT2D eigenvalue weighted by molar-refractivity contribution is -0.0187. The largest absolute Gasteiger partial charge is 0.414 e. The summed E-state index contributed by atoms with van der Waals surface area (Å²) in [6, 6.07) is 0. The van der Waals surface area contributed by atoms with Gasteiger partial charge in [-0.3, -0.25) is 0 Å². The van der Waals surface area contributed by atoms with Crippen molar-refractivity contribution in [3.05, 3.63) is 12.2 Å². The Hall–Kier alpha value is -0.123. The predicted octanol–water partition coefficient (Wildman–Crippen LogP) is 6.70. The van der Waals surface area contributed by atoms with E-state index in [1.54, 1.807) is 0 Å². The summed E-state index contributed by atoms with van der Waals surface area (Å²) >= 11 is 0. The van der Waals surface area contributed by atoms with E-state index in [1.165, 1.54) is 38.5 Å². The molecule has 27 heavy (non-hydrogen) atoms. The quantitative estimate of drug-likeness (QED) is 0.416. The minimum absolute atomic E-state index is 0.291. The summed E-state index contributed by atoms with van der Waals surface area (Å²) in [5, 5.41) is 10.3. The Balaban J connectivity index is 1.72. The Morgan fingerprint density at radius 2 is 1.78 bits per heavy atom. The molecule has 3 fully saturated rings. The van der Waals surface area contributed by atoms with E-state index in [-0.39, 0.29) is 0 Å². The Morgan fingerprint density at radius 3 is 2.37 bits per heavy atom. The molecule has 0 aromatic rings. The minimum Gasteiger partial charge on any atom is -0.414 e. The molecule has 0 saturated heterocycles. The molecule has 0 bridgehead atoms. The Bertz CT molecular complexity index is 582. The van der Waals surface area contributed by atoms with Crippen LogP contribution in [0.25, 0.3) is 0 Å². The molecule has 1 N–H and O–H groups in total. The van der Waals surface area contributed by atoms with Gasteiger partial charge in [-0.1, -0.05) is 46.3 Å². The van der Waals surface area contributed by atoms with Gasteiger partial charge in [0.2, 0.25) is 0 Å². The minimum atomic E-state index is -1.71. The molecule has 0 unspecified atom stereocenters. The van der Waals surface area contributed by atoms with Gasteiger partial charge < -0.3 is 9.53 Å². The number of fused-ring (bicyclic) bond motifs is 2. The van der Waals surface area contributed by atoms with Gasteiger partial charge in [0.1, 0.15) is 0 Å². The monoisotopic (exact) mass is 392 g/mol. The molecule has 0 aromatic heterocycles. The molecule has 1 spiro atoms. The Kier molecular flexibility index (Phi) is 5.36. The molecule has 5 atom stereocenters. The van der Waals surface area contributed by atoms with Crippen LogP contribution in [-0.2, 0) is 4.43 Å². The van der Waals surface area contributed by atoms with Gasteiger partial charge in [-0.15, -0.1) is 0 Å². The zero-order valence-electron chi connectivity index (χ0n) is 19.2. The summed E-state index contributed by atoms with van der Waals surface area (Å²) in [7, 11) is -1.71. The van der Waals surface area contributed by atoms with E-state index in [4.69, 9.17) is 4.43 Å². The number of rotatable bonds is 5. The normalized spacial score (nSPS) is 40.0. The highest BCUT2D eigenvalue weighted by atomic mass is 28.4. The maximum Gasteiger partial charge on any atom is 0.192 e. The van der Waals surface area contributed by atoms with E-state index in [2.05, 4.69) is 52.9 Å². The van der Waals surface area contributed by atoms with Gasteiger partial charge in [0.25, 0.3) is 0 Å². The summed E-state index contributed by atoms with van der Waals surface area (Å²) in [6.45, 7) is 18.3. The van der Waals surface area contributed by atoms with E-state index < -0.39 is 13.9 Å². The molecular weight excluding hydrogens is 348 g/mol. The number of aliphatic hydroxyl groups is 1. The third-order valence-corrected chi connectivity index (χ3v) is 13.4. The second kappa shape index (κ2) is 6.70. The first-order valence-corrected chi connectivity index (χ1v) is 14.2. The fourth-order valence-corrected chi connectivity index (χ4v) is 7.43. The van der Waals surface area contributed by atoms with Crippen molar-refractivity contribution in [3.8, 4) is 0 Å². The summed E-state index contributed by atoms with van der Waals surface area (Å²) < 4.78 is 6.99. The highest BCUT2D eigenvalue weighted by molar-refractivity contribution is 6.74. The molecule has 3 aliphatic rings. The van der Waals surface area contributed by atoms with Crippen LogP contribution in [0.2, 0.25) is 18.1 Å². The first kappa shape index (κ1) is 21.6. The van der Waals surface area contributed by atoms with E-state index in [9.17, 15) is 5.11 Å². The number of hydrogen-bond acceptors (Lipinski definition) is 2. The first-order chi connectivity index (χ1) is 12.2. The van der Waals surface area contributed by atoms with Gasteiger partial charge in [0, 0.05) is 6.10 Å². The third kappa shape index (κ3) is 3.85. The third-order valence-electron chi connectivity index (χ3n) is 8.86. The lowest BCUT2D eigenvalue weighted by Gasteiger charge is -2.49.